The van der Waals surface area contributed by atoms with Crippen molar-refractivity contribution in [3.63, 3.8) is 0 Å². The summed E-state index contributed by atoms with van der Waals surface area (Å²) in [5.74, 6) is 1.13. The van der Waals surface area contributed by atoms with Crippen LogP contribution in [0, 0.1) is 5.92 Å². The van der Waals surface area contributed by atoms with Gasteiger partial charge in [-0.1, -0.05) is 12.1 Å². The third kappa shape index (κ3) is 2.98. The molecule has 1 aliphatic heterocycles. The monoisotopic (exact) mass is 312 g/mol. The molecule has 0 radical (unpaired) electrons. The van der Waals surface area contributed by atoms with Gasteiger partial charge in [0.15, 0.2) is 0 Å². The summed E-state index contributed by atoms with van der Waals surface area (Å²) in [6, 6.07) is 7.79. The van der Waals surface area contributed by atoms with Gasteiger partial charge in [0.2, 0.25) is 5.91 Å². The Morgan fingerprint density at radius 3 is 2.70 bits per heavy atom. The summed E-state index contributed by atoms with van der Waals surface area (Å²) < 4.78 is 1.99. The minimum atomic E-state index is -0.197. The van der Waals surface area contributed by atoms with Crippen molar-refractivity contribution in [2.24, 2.45) is 5.92 Å². The number of aromatic nitrogens is 2. The first kappa shape index (κ1) is 14.7. The van der Waals surface area contributed by atoms with E-state index in [0.717, 1.165) is 43.1 Å². The van der Waals surface area contributed by atoms with Gasteiger partial charge in [0.05, 0.1) is 17.4 Å². The smallest absolute Gasteiger partial charge is 0.245 e. The minimum absolute atomic E-state index is 0.197. The molecule has 5 nitrogen and oxygen atoms in total. The number of para-hydroxylation sites is 2. The van der Waals surface area contributed by atoms with E-state index in [1.165, 1.54) is 19.4 Å². The topological polar surface area (TPSA) is 41.4 Å². The molecule has 2 fully saturated rings. The molecule has 1 unspecified atom stereocenters. The molecule has 1 saturated carbocycles. The van der Waals surface area contributed by atoms with Gasteiger partial charge in [-0.15, -0.1) is 0 Å². The predicted molar refractivity (Wildman–Crippen MR) is 90.2 cm³/mol. The van der Waals surface area contributed by atoms with E-state index >= 15 is 0 Å². The van der Waals surface area contributed by atoms with E-state index < -0.39 is 0 Å². The lowest BCUT2D eigenvalue weighted by Gasteiger charge is -2.36. The molecule has 0 N–H and O–H groups in total. The van der Waals surface area contributed by atoms with E-state index in [4.69, 9.17) is 0 Å². The van der Waals surface area contributed by atoms with Gasteiger partial charge in [0, 0.05) is 32.7 Å². The SMILES string of the molecule is CC(C(=O)N1CCN(CC2CC2)CC1)n1cnc2ccccc21. The van der Waals surface area contributed by atoms with Crippen molar-refractivity contribution < 1.29 is 4.79 Å². The molecule has 5 heteroatoms. The maximum absolute atomic E-state index is 12.8. The highest BCUT2D eigenvalue weighted by molar-refractivity contribution is 5.83. The van der Waals surface area contributed by atoms with Crippen LogP contribution in [0.3, 0.4) is 0 Å². The first-order valence-corrected chi connectivity index (χ1v) is 8.65. The number of imidazole rings is 1. The molecular formula is C18H24N4O. The quantitative estimate of drug-likeness (QED) is 0.869. The normalized spacial score (nSPS) is 20.8. The molecule has 1 aromatic carbocycles. The number of carbonyl (C=O) groups excluding carboxylic acids is 1. The summed E-state index contributed by atoms with van der Waals surface area (Å²) in [4.78, 5) is 21.8. The summed E-state index contributed by atoms with van der Waals surface area (Å²) in [7, 11) is 0. The van der Waals surface area contributed by atoms with Gasteiger partial charge in [-0.05, 0) is 37.8 Å². The molecule has 0 spiro atoms. The van der Waals surface area contributed by atoms with E-state index in [1.54, 1.807) is 6.33 Å². The lowest BCUT2D eigenvalue weighted by molar-refractivity contribution is -0.136. The first-order chi connectivity index (χ1) is 11.2. The van der Waals surface area contributed by atoms with E-state index in [9.17, 15) is 4.79 Å². The molecule has 1 saturated heterocycles. The molecule has 2 heterocycles. The van der Waals surface area contributed by atoms with Crippen molar-refractivity contribution in [3.8, 4) is 0 Å². The third-order valence-electron chi connectivity index (χ3n) is 5.15. The van der Waals surface area contributed by atoms with Gasteiger partial charge in [0.25, 0.3) is 0 Å². The van der Waals surface area contributed by atoms with Crippen molar-refractivity contribution >= 4 is 16.9 Å². The van der Waals surface area contributed by atoms with Gasteiger partial charge < -0.3 is 9.47 Å². The van der Waals surface area contributed by atoms with Crippen LogP contribution in [-0.2, 0) is 4.79 Å². The fourth-order valence-electron chi connectivity index (χ4n) is 3.49. The Balaban J connectivity index is 1.42. The number of carbonyl (C=O) groups is 1. The number of fused-ring (bicyclic) bond motifs is 1. The summed E-state index contributed by atoms with van der Waals surface area (Å²) >= 11 is 0. The second-order valence-electron chi connectivity index (χ2n) is 6.89. The summed E-state index contributed by atoms with van der Waals surface area (Å²) in [5, 5.41) is 0. The highest BCUT2D eigenvalue weighted by atomic mass is 16.2. The Hall–Kier alpha value is -1.88. The third-order valence-corrected chi connectivity index (χ3v) is 5.15. The van der Waals surface area contributed by atoms with Gasteiger partial charge in [-0.2, -0.15) is 0 Å². The summed E-state index contributed by atoms with van der Waals surface area (Å²) in [6.07, 6.45) is 4.57. The summed E-state index contributed by atoms with van der Waals surface area (Å²) in [6.45, 7) is 6.93. The molecular weight excluding hydrogens is 288 g/mol. The van der Waals surface area contributed by atoms with Crippen molar-refractivity contribution in [2.45, 2.75) is 25.8 Å². The van der Waals surface area contributed by atoms with Crippen LogP contribution in [-0.4, -0.2) is 58.0 Å². The fourth-order valence-corrected chi connectivity index (χ4v) is 3.49. The molecule has 1 amide bonds. The Morgan fingerprint density at radius 1 is 1.22 bits per heavy atom. The second kappa shape index (κ2) is 5.96. The first-order valence-electron chi connectivity index (χ1n) is 8.65. The number of amides is 1. The van der Waals surface area contributed by atoms with Crippen LogP contribution >= 0.6 is 0 Å². The molecule has 23 heavy (non-hydrogen) atoms. The number of hydrogen-bond acceptors (Lipinski definition) is 3. The lowest BCUT2D eigenvalue weighted by Crippen LogP contribution is -2.50. The highest BCUT2D eigenvalue weighted by Gasteiger charge is 2.29. The molecule has 1 aromatic heterocycles. The maximum Gasteiger partial charge on any atom is 0.245 e. The lowest BCUT2D eigenvalue weighted by atomic mass is 10.2. The predicted octanol–water partition coefficient (Wildman–Crippen LogP) is 2.15. The summed E-state index contributed by atoms with van der Waals surface area (Å²) in [5.41, 5.74) is 1.97. The fraction of sp³-hybridized carbons (Fsp3) is 0.556. The van der Waals surface area contributed by atoms with Crippen LogP contribution in [0.15, 0.2) is 30.6 Å². The van der Waals surface area contributed by atoms with E-state index in [0.29, 0.717) is 0 Å². The molecule has 2 aromatic rings. The van der Waals surface area contributed by atoms with Crippen molar-refractivity contribution in [2.75, 3.05) is 32.7 Å². The number of rotatable bonds is 4. The Bertz CT molecular complexity index is 698. The molecule has 1 aliphatic carbocycles. The Morgan fingerprint density at radius 2 is 1.96 bits per heavy atom. The average Bonchev–Trinajstić information content (AvgIpc) is 3.30. The second-order valence-corrected chi connectivity index (χ2v) is 6.89. The van der Waals surface area contributed by atoms with Crippen molar-refractivity contribution in [1.29, 1.82) is 0 Å². The molecule has 4 rings (SSSR count). The van der Waals surface area contributed by atoms with Crippen LogP contribution in [0.4, 0.5) is 0 Å². The van der Waals surface area contributed by atoms with Crippen LogP contribution in [0.1, 0.15) is 25.8 Å². The van der Waals surface area contributed by atoms with Crippen molar-refractivity contribution in [3.05, 3.63) is 30.6 Å². The van der Waals surface area contributed by atoms with Crippen LogP contribution in [0.5, 0.6) is 0 Å². The molecule has 2 aliphatic rings. The zero-order valence-corrected chi connectivity index (χ0v) is 13.7. The van der Waals surface area contributed by atoms with Gasteiger partial charge in [0.1, 0.15) is 6.04 Å². The van der Waals surface area contributed by atoms with E-state index in [2.05, 4.69) is 9.88 Å². The Labute approximate surface area is 136 Å². The highest BCUT2D eigenvalue weighted by Crippen LogP contribution is 2.30. The van der Waals surface area contributed by atoms with Gasteiger partial charge >= 0.3 is 0 Å². The number of nitrogens with zero attached hydrogens (tertiary/aromatic N) is 4. The largest absolute Gasteiger partial charge is 0.338 e. The number of benzene rings is 1. The zero-order chi connectivity index (χ0) is 15.8. The maximum atomic E-state index is 12.8. The standard InChI is InChI=1S/C18H24N4O/c1-14(22-13-19-16-4-2-3-5-17(16)22)18(23)21-10-8-20(9-11-21)12-15-6-7-15/h2-5,13-15H,6-12H2,1H3. The Kier molecular flexibility index (Phi) is 3.81. The molecule has 0 bridgehead atoms. The molecule has 1 atom stereocenters. The van der Waals surface area contributed by atoms with Crippen LogP contribution in [0.2, 0.25) is 0 Å². The van der Waals surface area contributed by atoms with Crippen LogP contribution in [0.25, 0.3) is 11.0 Å². The van der Waals surface area contributed by atoms with E-state index in [1.807, 2.05) is 40.7 Å². The number of hydrogen-bond donors (Lipinski definition) is 0. The minimum Gasteiger partial charge on any atom is -0.338 e. The van der Waals surface area contributed by atoms with E-state index in [-0.39, 0.29) is 11.9 Å². The zero-order valence-electron chi connectivity index (χ0n) is 13.7. The van der Waals surface area contributed by atoms with Gasteiger partial charge in [-0.3, -0.25) is 9.69 Å². The van der Waals surface area contributed by atoms with Crippen molar-refractivity contribution in [1.82, 2.24) is 19.4 Å². The van der Waals surface area contributed by atoms with Gasteiger partial charge in [-0.25, -0.2) is 4.98 Å². The van der Waals surface area contributed by atoms with Crippen LogP contribution < -0.4 is 0 Å². The number of piperazine rings is 1. The molecule has 122 valence electrons. The average molecular weight is 312 g/mol.